The first-order valence-corrected chi connectivity index (χ1v) is 13.5. The zero-order valence-electron chi connectivity index (χ0n) is 19.1. The number of carbonyl (C=O) groups excluding carboxylic acids is 3. The summed E-state index contributed by atoms with van der Waals surface area (Å²) in [4.78, 5) is 57.6. The van der Waals surface area contributed by atoms with Gasteiger partial charge in [-0.2, -0.15) is 0 Å². The van der Waals surface area contributed by atoms with Crippen molar-refractivity contribution in [2.75, 3.05) is 31.1 Å². The first-order valence-electron chi connectivity index (χ1n) is 11.3. The number of likely N-dealkylation sites (tertiary alicyclic amines) is 1. The normalized spacial score (nSPS) is 27.1. The van der Waals surface area contributed by atoms with Gasteiger partial charge in [0.2, 0.25) is 5.91 Å². The molecule has 16 heteroatoms. The van der Waals surface area contributed by atoms with Crippen LogP contribution in [-0.4, -0.2) is 97.3 Å². The highest BCUT2D eigenvalue weighted by Crippen LogP contribution is 2.41. The Morgan fingerprint density at radius 3 is 2.76 bits per heavy atom. The van der Waals surface area contributed by atoms with E-state index in [1.165, 1.54) is 11.8 Å². The number of carboxylic acid groups (broad SMARTS) is 1. The predicted molar refractivity (Wildman–Crippen MR) is 135 cm³/mol. The first-order chi connectivity index (χ1) is 17.7. The summed E-state index contributed by atoms with van der Waals surface area (Å²) in [5.74, 6) is -2.76. The van der Waals surface area contributed by atoms with Crippen LogP contribution in [0, 0.1) is 0 Å². The number of nitrogen functional groups attached to an aromatic ring is 1. The highest BCUT2D eigenvalue weighted by molar-refractivity contribution is 8.00. The van der Waals surface area contributed by atoms with Crippen LogP contribution >= 0.6 is 34.7 Å². The molecule has 1 aromatic heterocycles. The Morgan fingerprint density at radius 1 is 1.35 bits per heavy atom. The van der Waals surface area contributed by atoms with Crippen molar-refractivity contribution in [1.82, 2.24) is 25.4 Å². The van der Waals surface area contributed by atoms with E-state index in [0.717, 1.165) is 35.7 Å². The van der Waals surface area contributed by atoms with Gasteiger partial charge < -0.3 is 31.6 Å². The SMILES string of the molecule is Nc1nc(/C(=N/O)C(=O)N[C@@H]2C(=O)N3C(C(=O)O)=C(/C=C4\CCN([C@@H]5CCNC5)C4=O)CS[C@H]23)c(Cl)s1. The number of fused-ring (bicyclic) bond motifs is 1. The third kappa shape index (κ3) is 4.45. The van der Waals surface area contributed by atoms with Crippen LogP contribution in [0.25, 0.3) is 0 Å². The number of aromatic nitrogens is 1. The molecule has 3 amide bonds. The van der Waals surface area contributed by atoms with E-state index >= 15 is 0 Å². The summed E-state index contributed by atoms with van der Waals surface area (Å²) in [6.45, 7) is 2.16. The lowest BCUT2D eigenvalue weighted by Gasteiger charge is -2.49. The summed E-state index contributed by atoms with van der Waals surface area (Å²) in [5, 5.41) is 27.3. The number of thiazole rings is 1. The van der Waals surface area contributed by atoms with E-state index in [9.17, 15) is 29.5 Å². The van der Waals surface area contributed by atoms with Crippen molar-refractivity contribution in [3.8, 4) is 0 Å². The van der Waals surface area contributed by atoms with Crippen LogP contribution in [0.15, 0.2) is 28.1 Å². The molecule has 196 valence electrons. The van der Waals surface area contributed by atoms with Gasteiger partial charge in [0.05, 0.1) is 0 Å². The van der Waals surface area contributed by atoms with E-state index in [1.807, 2.05) is 4.90 Å². The number of carbonyl (C=O) groups is 4. The fraction of sp³-hybridized carbons (Fsp3) is 0.429. The average molecular weight is 568 g/mol. The Hall–Kier alpha value is -3.14. The number of nitrogens with one attached hydrogen (secondary N) is 2. The van der Waals surface area contributed by atoms with Crippen molar-refractivity contribution in [3.05, 3.63) is 32.9 Å². The number of nitrogens with zero attached hydrogens (tertiary/aromatic N) is 4. The highest BCUT2D eigenvalue weighted by atomic mass is 35.5. The third-order valence-electron chi connectivity index (χ3n) is 6.61. The van der Waals surface area contributed by atoms with Gasteiger partial charge in [0.25, 0.3) is 11.8 Å². The van der Waals surface area contributed by atoms with Crippen LogP contribution in [0.4, 0.5) is 5.13 Å². The van der Waals surface area contributed by atoms with Crippen LogP contribution in [-0.2, 0) is 19.2 Å². The van der Waals surface area contributed by atoms with E-state index < -0.39 is 34.9 Å². The van der Waals surface area contributed by atoms with Gasteiger partial charge in [0, 0.05) is 30.5 Å². The fourth-order valence-electron chi connectivity index (χ4n) is 4.86. The van der Waals surface area contributed by atoms with Gasteiger partial charge in [-0.15, -0.1) is 11.8 Å². The number of hydrogen-bond acceptors (Lipinski definition) is 11. The minimum Gasteiger partial charge on any atom is -0.477 e. The van der Waals surface area contributed by atoms with E-state index in [4.69, 9.17) is 17.3 Å². The number of rotatable bonds is 6. The molecule has 0 radical (unpaired) electrons. The summed E-state index contributed by atoms with van der Waals surface area (Å²) >= 11 is 8.14. The molecule has 1 aromatic rings. The van der Waals surface area contributed by atoms with Crippen molar-refractivity contribution in [1.29, 1.82) is 0 Å². The molecule has 0 bridgehead atoms. The minimum atomic E-state index is -1.31. The number of carboxylic acids is 1. The predicted octanol–water partition coefficient (Wildman–Crippen LogP) is -0.184. The van der Waals surface area contributed by atoms with Gasteiger partial charge >= 0.3 is 5.97 Å². The Bertz CT molecular complexity index is 1290. The Morgan fingerprint density at radius 2 is 2.14 bits per heavy atom. The largest absolute Gasteiger partial charge is 0.477 e. The molecule has 37 heavy (non-hydrogen) atoms. The summed E-state index contributed by atoms with van der Waals surface area (Å²) < 4.78 is 0.0343. The van der Waals surface area contributed by atoms with Gasteiger partial charge in [0.15, 0.2) is 10.8 Å². The lowest BCUT2D eigenvalue weighted by atomic mass is 10.0. The second kappa shape index (κ2) is 9.96. The Kier molecular flexibility index (Phi) is 6.87. The minimum absolute atomic E-state index is 0.0343. The molecule has 0 aromatic carbocycles. The second-order valence-corrected chi connectivity index (χ2v) is 11.5. The monoisotopic (exact) mass is 567 g/mol. The first kappa shape index (κ1) is 25.5. The number of hydrogen-bond donors (Lipinski definition) is 5. The number of anilines is 1. The molecule has 4 aliphatic rings. The van der Waals surface area contributed by atoms with Gasteiger partial charge in [-0.3, -0.25) is 19.3 Å². The van der Waals surface area contributed by atoms with Crippen molar-refractivity contribution in [3.63, 3.8) is 0 Å². The van der Waals surface area contributed by atoms with E-state index in [0.29, 0.717) is 24.1 Å². The van der Waals surface area contributed by atoms with Crippen LogP contribution in [0.5, 0.6) is 0 Å². The summed E-state index contributed by atoms with van der Waals surface area (Å²) in [6.07, 6.45) is 2.96. The number of allylic oxidation sites excluding steroid dienone is 1. The molecular weight excluding hydrogens is 546 g/mol. The Balaban J connectivity index is 1.34. The second-order valence-electron chi connectivity index (χ2n) is 8.73. The molecular formula is C21H22ClN7O6S2. The lowest BCUT2D eigenvalue weighted by Crippen LogP contribution is -2.71. The molecule has 3 atom stereocenters. The standard InChI is InChI=1S/C21H22ClN7O6S2/c22-15-11(26-21(23)37-15)12(27-35)16(30)25-13-18(32)29-14(20(33)34)9(7-36-19(13)29)5-8-2-4-28(17(8)31)10-1-3-24-6-10/h5,10,13,19,24,35H,1-4,6-7H2,(H2,23,26)(H,25,30)(H,33,34)/b8-5+,27-12-/t10-,13-,19-/m1/s1. The zero-order valence-corrected chi connectivity index (χ0v) is 21.5. The van der Waals surface area contributed by atoms with Crippen LogP contribution in [0.2, 0.25) is 4.34 Å². The van der Waals surface area contributed by atoms with E-state index in [2.05, 4.69) is 20.8 Å². The Labute approximate surface area is 223 Å². The fourth-order valence-corrected chi connectivity index (χ4v) is 7.09. The molecule has 6 N–H and O–H groups in total. The maximum absolute atomic E-state index is 13.0. The van der Waals surface area contributed by atoms with E-state index in [-0.39, 0.29) is 38.6 Å². The molecule has 5 heterocycles. The number of oxime groups is 1. The maximum atomic E-state index is 13.0. The van der Waals surface area contributed by atoms with Crippen molar-refractivity contribution in [2.24, 2.45) is 5.16 Å². The number of aliphatic carboxylic acids is 1. The summed E-state index contributed by atoms with van der Waals surface area (Å²) in [6, 6.07) is -0.938. The number of nitrogens with two attached hydrogens (primary N) is 1. The number of β-lactam (4-membered cyclic amide) rings is 1. The zero-order chi connectivity index (χ0) is 26.4. The number of halogens is 1. The molecule has 0 saturated carbocycles. The van der Waals surface area contributed by atoms with Gasteiger partial charge in [-0.1, -0.05) is 28.1 Å². The molecule has 3 fully saturated rings. The summed E-state index contributed by atoms with van der Waals surface area (Å²) in [5.41, 5.74) is 5.59. The average Bonchev–Trinajstić information content (AvgIpc) is 3.59. The van der Waals surface area contributed by atoms with Crippen LogP contribution in [0.3, 0.4) is 0 Å². The van der Waals surface area contributed by atoms with Crippen molar-refractivity contribution in [2.45, 2.75) is 30.3 Å². The molecule has 0 aliphatic carbocycles. The van der Waals surface area contributed by atoms with Gasteiger partial charge in [-0.05, 0) is 31.0 Å². The van der Waals surface area contributed by atoms with Crippen molar-refractivity contribution >= 4 is 69.2 Å². The smallest absolute Gasteiger partial charge is 0.352 e. The topological polar surface area (TPSA) is 191 Å². The maximum Gasteiger partial charge on any atom is 0.352 e. The molecule has 0 spiro atoms. The lowest BCUT2D eigenvalue weighted by molar-refractivity contribution is -0.150. The van der Waals surface area contributed by atoms with Crippen LogP contribution < -0.4 is 16.4 Å². The third-order valence-corrected chi connectivity index (χ3v) is 9.00. The number of amides is 3. The summed E-state index contributed by atoms with van der Waals surface area (Å²) in [7, 11) is 0. The van der Waals surface area contributed by atoms with Crippen molar-refractivity contribution < 1.29 is 29.5 Å². The van der Waals surface area contributed by atoms with Gasteiger partial charge in [-0.25, -0.2) is 9.78 Å². The van der Waals surface area contributed by atoms with E-state index in [1.54, 1.807) is 6.08 Å². The molecule has 4 aliphatic heterocycles. The molecule has 5 rings (SSSR count). The quantitative estimate of drug-likeness (QED) is 0.101. The molecule has 13 nitrogen and oxygen atoms in total. The van der Waals surface area contributed by atoms with Gasteiger partial charge in [0.1, 0.15) is 27.1 Å². The van der Waals surface area contributed by atoms with Crippen LogP contribution in [0.1, 0.15) is 18.5 Å². The number of thioether (sulfide) groups is 1. The molecule has 3 saturated heterocycles. The molecule has 0 unspecified atom stereocenters. The highest BCUT2D eigenvalue weighted by Gasteiger charge is 2.54.